The highest BCUT2D eigenvalue weighted by atomic mass is 35.5. The number of carbonyl (C=O) groups is 1. The fourth-order valence-corrected chi connectivity index (χ4v) is 4.52. The predicted octanol–water partition coefficient (Wildman–Crippen LogP) is 3.30. The molecule has 1 saturated carbocycles. The highest BCUT2D eigenvalue weighted by Crippen LogP contribution is 2.40. The van der Waals surface area contributed by atoms with Crippen LogP contribution in [-0.2, 0) is 0 Å². The summed E-state index contributed by atoms with van der Waals surface area (Å²) in [6.07, 6.45) is 8.51. The lowest BCUT2D eigenvalue weighted by Crippen LogP contribution is -2.48. The van der Waals surface area contributed by atoms with Crippen LogP contribution in [0.1, 0.15) is 23.2 Å². The largest absolute Gasteiger partial charge is 0.349 e. The molecule has 146 valence electrons. The SMILES string of the molecule is O=C(c1ccccc1-c1ncccn1)N1C[C@H]2C[C@@H](Nc3ncc(Cl)cn3)[C@@H]1C2. The third kappa shape index (κ3) is 3.42. The maximum absolute atomic E-state index is 13.5. The Morgan fingerprint density at radius 3 is 2.55 bits per heavy atom. The summed E-state index contributed by atoms with van der Waals surface area (Å²) < 4.78 is 0. The number of aromatic nitrogens is 4. The van der Waals surface area contributed by atoms with Gasteiger partial charge in [-0.15, -0.1) is 0 Å². The summed E-state index contributed by atoms with van der Waals surface area (Å²) in [5.41, 5.74) is 1.39. The van der Waals surface area contributed by atoms with Crippen molar-refractivity contribution < 1.29 is 4.79 Å². The summed E-state index contributed by atoms with van der Waals surface area (Å²) in [4.78, 5) is 32.6. The smallest absolute Gasteiger partial charge is 0.254 e. The van der Waals surface area contributed by atoms with E-state index in [0.29, 0.717) is 28.3 Å². The van der Waals surface area contributed by atoms with E-state index < -0.39 is 0 Å². The van der Waals surface area contributed by atoms with Crippen molar-refractivity contribution in [1.29, 1.82) is 0 Å². The van der Waals surface area contributed by atoms with Gasteiger partial charge in [-0.2, -0.15) is 0 Å². The van der Waals surface area contributed by atoms with Crippen LogP contribution < -0.4 is 5.32 Å². The Labute approximate surface area is 173 Å². The minimum absolute atomic E-state index is 0.0177. The van der Waals surface area contributed by atoms with Gasteiger partial charge < -0.3 is 10.2 Å². The Balaban J connectivity index is 1.39. The second kappa shape index (κ2) is 7.40. The van der Waals surface area contributed by atoms with Crippen molar-refractivity contribution in [3.05, 3.63) is 65.7 Å². The zero-order valence-electron chi connectivity index (χ0n) is 15.6. The number of benzene rings is 1. The van der Waals surface area contributed by atoms with Gasteiger partial charge in [0.25, 0.3) is 5.91 Å². The first-order valence-corrected chi connectivity index (χ1v) is 9.98. The lowest BCUT2D eigenvalue weighted by atomic mass is 10.0. The van der Waals surface area contributed by atoms with Gasteiger partial charge >= 0.3 is 0 Å². The summed E-state index contributed by atoms with van der Waals surface area (Å²) in [5.74, 6) is 1.60. The molecule has 29 heavy (non-hydrogen) atoms. The molecule has 7 nitrogen and oxygen atoms in total. The molecule has 8 heteroatoms. The van der Waals surface area contributed by atoms with Gasteiger partial charge in [0.1, 0.15) is 0 Å². The van der Waals surface area contributed by atoms with Crippen molar-refractivity contribution in [3.63, 3.8) is 0 Å². The fourth-order valence-electron chi connectivity index (χ4n) is 4.42. The van der Waals surface area contributed by atoms with Crippen molar-refractivity contribution in [2.24, 2.45) is 5.92 Å². The summed E-state index contributed by atoms with van der Waals surface area (Å²) in [6.45, 7) is 0.771. The molecule has 1 saturated heterocycles. The third-order valence-corrected chi connectivity index (χ3v) is 5.84. The van der Waals surface area contributed by atoms with E-state index in [9.17, 15) is 4.79 Å². The molecule has 1 amide bonds. The Kier molecular flexibility index (Phi) is 4.60. The van der Waals surface area contributed by atoms with Gasteiger partial charge in [-0.05, 0) is 30.9 Å². The number of piperidine rings is 1. The molecule has 1 aromatic carbocycles. The van der Waals surface area contributed by atoms with Crippen LogP contribution in [0.15, 0.2) is 55.1 Å². The first-order valence-electron chi connectivity index (χ1n) is 9.60. The summed E-state index contributed by atoms with van der Waals surface area (Å²) in [7, 11) is 0. The molecule has 2 bridgehead atoms. The van der Waals surface area contributed by atoms with E-state index in [2.05, 4.69) is 25.3 Å². The molecule has 2 aliphatic rings. The number of carbonyl (C=O) groups excluding carboxylic acids is 1. The van der Waals surface area contributed by atoms with Gasteiger partial charge in [-0.1, -0.05) is 29.8 Å². The van der Waals surface area contributed by atoms with Crippen molar-refractivity contribution in [3.8, 4) is 11.4 Å². The molecule has 1 N–H and O–H groups in total. The van der Waals surface area contributed by atoms with Crippen LogP contribution in [0.25, 0.3) is 11.4 Å². The monoisotopic (exact) mass is 406 g/mol. The summed E-state index contributed by atoms with van der Waals surface area (Å²) in [6, 6.07) is 9.53. The number of fused-ring (bicyclic) bond motifs is 2. The molecule has 1 aliphatic carbocycles. The molecule has 2 aromatic heterocycles. The van der Waals surface area contributed by atoms with Gasteiger partial charge in [0.15, 0.2) is 5.82 Å². The maximum Gasteiger partial charge on any atom is 0.254 e. The number of nitrogens with one attached hydrogen (secondary N) is 1. The van der Waals surface area contributed by atoms with Gasteiger partial charge in [-0.25, -0.2) is 19.9 Å². The number of hydrogen-bond donors (Lipinski definition) is 1. The Morgan fingerprint density at radius 1 is 1.03 bits per heavy atom. The maximum atomic E-state index is 13.5. The number of hydrogen-bond acceptors (Lipinski definition) is 6. The summed E-state index contributed by atoms with van der Waals surface area (Å²) >= 11 is 5.87. The van der Waals surface area contributed by atoms with Gasteiger partial charge in [0.05, 0.1) is 29.0 Å². The first kappa shape index (κ1) is 18.0. The number of halogens is 1. The number of likely N-dealkylation sites (tertiary alicyclic amines) is 1. The lowest BCUT2D eigenvalue weighted by molar-refractivity contribution is 0.0692. The molecule has 2 fully saturated rings. The Bertz CT molecular complexity index is 1030. The highest BCUT2D eigenvalue weighted by Gasteiger charge is 2.47. The van der Waals surface area contributed by atoms with Crippen molar-refractivity contribution in [2.45, 2.75) is 24.9 Å². The predicted molar refractivity (Wildman–Crippen MR) is 109 cm³/mol. The average Bonchev–Trinajstić information content (AvgIpc) is 3.36. The van der Waals surface area contributed by atoms with Crippen molar-refractivity contribution >= 4 is 23.5 Å². The molecule has 0 radical (unpaired) electrons. The Morgan fingerprint density at radius 2 is 1.79 bits per heavy atom. The van der Waals surface area contributed by atoms with E-state index in [-0.39, 0.29) is 18.0 Å². The zero-order valence-corrected chi connectivity index (χ0v) is 16.3. The molecule has 0 unspecified atom stereocenters. The van der Waals surface area contributed by atoms with E-state index in [1.54, 1.807) is 30.9 Å². The second-order valence-corrected chi connectivity index (χ2v) is 7.89. The third-order valence-electron chi connectivity index (χ3n) is 5.64. The lowest BCUT2D eigenvalue weighted by Gasteiger charge is -2.34. The molecule has 3 heterocycles. The van der Waals surface area contributed by atoms with Crippen LogP contribution in [0.4, 0.5) is 5.95 Å². The molecule has 3 aromatic rings. The van der Waals surface area contributed by atoms with Crippen LogP contribution in [0, 0.1) is 5.92 Å². The molecular formula is C21H19ClN6O. The molecule has 1 aliphatic heterocycles. The minimum Gasteiger partial charge on any atom is -0.349 e. The Hall–Kier alpha value is -3.06. The van der Waals surface area contributed by atoms with E-state index in [1.807, 2.05) is 29.2 Å². The van der Waals surface area contributed by atoms with Gasteiger partial charge in [0.2, 0.25) is 5.95 Å². The number of rotatable bonds is 4. The molecule has 0 spiro atoms. The van der Waals surface area contributed by atoms with E-state index in [1.165, 1.54) is 0 Å². The van der Waals surface area contributed by atoms with Crippen LogP contribution in [0.3, 0.4) is 0 Å². The fraction of sp³-hybridized carbons (Fsp3) is 0.286. The standard InChI is InChI=1S/C21H19ClN6O/c22-14-10-25-21(26-11-14)27-17-8-13-9-18(17)28(12-13)20(29)16-5-2-1-4-15(16)19-23-6-3-7-24-19/h1-7,10-11,13,17-18H,8-9,12H2,(H,25,26,27)/t13-,17+,18-/m0/s1. The molecule has 3 atom stereocenters. The molecular weight excluding hydrogens is 388 g/mol. The van der Waals surface area contributed by atoms with Crippen LogP contribution in [0.2, 0.25) is 5.02 Å². The van der Waals surface area contributed by atoms with Crippen LogP contribution in [-0.4, -0.2) is 49.4 Å². The first-order chi connectivity index (χ1) is 14.2. The van der Waals surface area contributed by atoms with Crippen LogP contribution >= 0.6 is 11.6 Å². The summed E-state index contributed by atoms with van der Waals surface area (Å²) in [5, 5.41) is 3.88. The number of nitrogens with zero attached hydrogens (tertiary/aromatic N) is 5. The number of amides is 1. The minimum atomic E-state index is 0.0177. The molecule has 5 rings (SSSR count). The van der Waals surface area contributed by atoms with Crippen molar-refractivity contribution in [2.75, 3.05) is 11.9 Å². The average molecular weight is 407 g/mol. The quantitative estimate of drug-likeness (QED) is 0.715. The second-order valence-electron chi connectivity index (χ2n) is 7.46. The van der Waals surface area contributed by atoms with Crippen LogP contribution in [0.5, 0.6) is 0 Å². The zero-order chi connectivity index (χ0) is 19.8. The topological polar surface area (TPSA) is 83.9 Å². The van der Waals surface area contributed by atoms with Gasteiger partial charge in [0, 0.05) is 30.5 Å². The normalized spacial score (nSPS) is 22.7. The van der Waals surface area contributed by atoms with E-state index in [4.69, 9.17) is 11.6 Å². The van der Waals surface area contributed by atoms with Crippen molar-refractivity contribution in [1.82, 2.24) is 24.8 Å². The highest BCUT2D eigenvalue weighted by molar-refractivity contribution is 6.30. The van der Waals surface area contributed by atoms with Gasteiger partial charge in [-0.3, -0.25) is 4.79 Å². The van der Waals surface area contributed by atoms with E-state index >= 15 is 0 Å². The van der Waals surface area contributed by atoms with E-state index in [0.717, 1.165) is 24.9 Å². The number of anilines is 1.